The number of nitrogens with one attached hydrogen (secondary N) is 1. The first-order valence-electron chi connectivity index (χ1n) is 10.4. The Morgan fingerprint density at radius 2 is 1.81 bits per heavy atom. The predicted octanol–water partition coefficient (Wildman–Crippen LogP) is 2.99. The van der Waals surface area contributed by atoms with Gasteiger partial charge < -0.3 is 20.1 Å². The summed E-state index contributed by atoms with van der Waals surface area (Å²) in [6, 6.07) is 5.61. The number of aliphatic carboxylic acids is 1. The predicted molar refractivity (Wildman–Crippen MR) is 118 cm³/mol. The van der Waals surface area contributed by atoms with Gasteiger partial charge in [-0.3, -0.25) is 14.5 Å². The van der Waals surface area contributed by atoms with E-state index in [4.69, 9.17) is 16.3 Å². The molecule has 2 N–H and O–H groups in total. The molecule has 1 aromatic carbocycles. The number of halogens is 1. The van der Waals surface area contributed by atoms with Crippen LogP contribution in [0.2, 0.25) is 5.02 Å². The number of hydrogen-bond donors (Lipinski definition) is 2. The molecule has 0 spiro atoms. The van der Waals surface area contributed by atoms with Crippen molar-refractivity contribution < 1.29 is 24.2 Å². The van der Waals surface area contributed by atoms with Crippen molar-refractivity contribution in [1.29, 1.82) is 0 Å². The molecule has 2 rings (SSSR count). The van der Waals surface area contributed by atoms with Gasteiger partial charge in [0.15, 0.2) is 0 Å². The second-order valence-electron chi connectivity index (χ2n) is 9.10. The van der Waals surface area contributed by atoms with Crippen LogP contribution in [0.15, 0.2) is 24.3 Å². The number of piperazine rings is 1. The van der Waals surface area contributed by atoms with Gasteiger partial charge in [-0.15, -0.1) is 0 Å². The Morgan fingerprint density at radius 3 is 2.32 bits per heavy atom. The van der Waals surface area contributed by atoms with Crippen LogP contribution in [0.25, 0.3) is 0 Å². The summed E-state index contributed by atoms with van der Waals surface area (Å²) in [5, 5.41) is 13.0. The Labute approximate surface area is 188 Å². The lowest BCUT2D eigenvalue weighted by molar-refractivity contribution is -0.149. The standard InChI is InChI=1S/C22H32ClN3O5/c1-14(2)18(24-21(30)31-22(3,4)5)19(27)26-11-10-25(17(13-26)20(28)29)12-15-6-8-16(23)9-7-15/h6-9,14,17-18H,10-13H2,1-5H3,(H,24,30)(H,28,29). The van der Waals surface area contributed by atoms with E-state index in [2.05, 4.69) is 5.32 Å². The summed E-state index contributed by atoms with van der Waals surface area (Å²) in [7, 11) is 0. The average molecular weight is 454 g/mol. The van der Waals surface area contributed by atoms with Crippen molar-refractivity contribution in [2.45, 2.75) is 58.8 Å². The SMILES string of the molecule is CC(C)C(NC(=O)OC(C)(C)C)C(=O)N1CCN(Cc2ccc(Cl)cc2)C(C(=O)O)C1. The second kappa shape index (κ2) is 10.3. The van der Waals surface area contributed by atoms with Crippen LogP contribution in [0.3, 0.4) is 0 Å². The summed E-state index contributed by atoms with van der Waals surface area (Å²) < 4.78 is 5.27. The lowest BCUT2D eigenvalue weighted by atomic mass is 10.0. The van der Waals surface area contributed by atoms with Crippen LogP contribution >= 0.6 is 11.6 Å². The van der Waals surface area contributed by atoms with Crippen LogP contribution in [-0.4, -0.2) is 70.2 Å². The van der Waals surface area contributed by atoms with Gasteiger partial charge in [-0.2, -0.15) is 0 Å². The van der Waals surface area contributed by atoms with Crippen molar-refractivity contribution in [2.75, 3.05) is 19.6 Å². The van der Waals surface area contributed by atoms with Crippen LogP contribution in [0.4, 0.5) is 4.79 Å². The molecule has 0 aromatic heterocycles. The third-order valence-electron chi connectivity index (χ3n) is 4.99. The highest BCUT2D eigenvalue weighted by Gasteiger charge is 2.38. The quantitative estimate of drug-likeness (QED) is 0.687. The lowest BCUT2D eigenvalue weighted by Gasteiger charge is -2.41. The number of rotatable bonds is 6. The third kappa shape index (κ3) is 7.40. The van der Waals surface area contributed by atoms with Gasteiger partial charge >= 0.3 is 12.1 Å². The molecule has 2 amide bonds. The molecule has 0 radical (unpaired) electrons. The summed E-state index contributed by atoms with van der Waals surface area (Å²) >= 11 is 5.92. The van der Waals surface area contributed by atoms with Gasteiger partial charge in [-0.05, 0) is 44.4 Å². The Kier molecular flexibility index (Phi) is 8.31. The molecule has 1 saturated heterocycles. The fourth-order valence-corrected chi connectivity index (χ4v) is 3.54. The van der Waals surface area contributed by atoms with Gasteiger partial charge in [0, 0.05) is 31.2 Å². The van der Waals surface area contributed by atoms with Gasteiger partial charge in [-0.25, -0.2) is 4.79 Å². The molecule has 172 valence electrons. The molecule has 0 bridgehead atoms. The van der Waals surface area contributed by atoms with Crippen molar-refractivity contribution in [3.8, 4) is 0 Å². The molecule has 1 heterocycles. The molecular weight excluding hydrogens is 422 g/mol. The van der Waals surface area contributed by atoms with Gasteiger partial charge in [0.05, 0.1) is 0 Å². The smallest absolute Gasteiger partial charge is 0.408 e. The van der Waals surface area contributed by atoms with Gasteiger partial charge in [0.1, 0.15) is 17.7 Å². The van der Waals surface area contributed by atoms with Crippen LogP contribution in [-0.2, 0) is 20.9 Å². The number of carboxylic acids is 1. The number of hydrogen-bond acceptors (Lipinski definition) is 5. The fourth-order valence-electron chi connectivity index (χ4n) is 3.41. The van der Waals surface area contributed by atoms with Crippen LogP contribution < -0.4 is 5.32 Å². The van der Waals surface area contributed by atoms with Crippen molar-refractivity contribution in [3.63, 3.8) is 0 Å². The van der Waals surface area contributed by atoms with E-state index in [1.807, 2.05) is 30.9 Å². The number of carbonyl (C=O) groups is 3. The number of benzene rings is 1. The molecule has 31 heavy (non-hydrogen) atoms. The first-order chi connectivity index (χ1) is 14.4. The van der Waals surface area contributed by atoms with E-state index < -0.39 is 29.7 Å². The highest BCUT2D eigenvalue weighted by atomic mass is 35.5. The molecule has 2 atom stereocenters. The Balaban J connectivity index is 2.08. The molecule has 1 fully saturated rings. The number of carboxylic acid groups (broad SMARTS) is 1. The van der Waals surface area contributed by atoms with Crippen molar-refractivity contribution in [2.24, 2.45) is 5.92 Å². The minimum absolute atomic E-state index is 0.0426. The summed E-state index contributed by atoms with van der Waals surface area (Å²) in [6.45, 7) is 10.2. The summed E-state index contributed by atoms with van der Waals surface area (Å²) in [5.74, 6) is -1.48. The van der Waals surface area contributed by atoms with Crippen LogP contribution in [0.5, 0.6) is 0 Å². The topological polar surface area (TPSA) is 99.2 Å². The normalized spacial score (nSPS) is 18.5. The van der Waals surface area contributed by atoms with E-state index in [-0.39, 0.29) is 18.4 Å². The molecule has 9 heteroatoms. The van der Waals surface area contributed by atoms with Crippen molar-refractivity contribution >= 4 is 29.6 Å². The van der Waals surface area contributed by atoms with E-state index >= 15 is 0 Å². The van der Waals surface area contributed by atoms with Gasteiger partial charge in [0.25, 0.3) is 0 Å². The molecule has 1 aliphatic rings. The van der Waals surface area contributed by atoms with Crippen LogP contribution in [0.1, 0.15) is 40.2 Å². The Bertz CT molecular complexity index is 791. The summed E-state index contributed by atoms with van der Waals surface area (Å²) in [5.41, 5.74) is 0.262. The zero-order valence-corrected chi connectivity index (χ0v) is 19.5. The van der Waals surface area contributed by atoms with Gasteiger partial charge in [0.2, 0.25) is 5.91 Å². The Morgan fingerprint density at radius 1 is 1.19 bits per heavy atom. The summed E-state index contributed by atoms with van der Waals surface area (Å²) in [4.78, 5) is 40.6. The number of amides is 2. The highest BCUT2D eigenvalue weighted by molar-refractivity contribution is 6.30. The van der Waals surface area contributed by atoms with E-state index in [0.29, 0.717) is 24.7 Å². The molecule has 0 aliphatic carbocycles. The van der Waals surface area contributed by atoms with E-state index in [1.165, 1.54) is 4.90 Å². The summed E-state index contributed by atoms with van der Waals surface area (Å²) in [6.07, 6.45) is -0.671. The first-order valence-corrected chi connectivity index (χ1v) is 10.7. The third-order valence-corrected chi connectivity index (χ3v) is 5.24. The number of nitrogens with zero attached hydrogens (tertiary/aromatic N) is 2. The maximum Gasteiger partial charge on any atom is 0.408 e. The fraction of sp³-hybridized carbons (Fsp3) is 0.591. The monoisotopic (exact) mass is 453 g/mol. The highest BCUT2D eigenvalue weighted by Crippen LogP contribution is 2.19. The van der Waals surface area contributed by atoms with Gasteiger partial charge in [-0.1, -0.05) is 37.6 Å². The average Bonchev–Trinajstić information content (AvgIpc) is 2.66. The minimum atomic E-state index is -0.993. The molecule has 0 saturated carbocycles. The number of carbonyl (C=O) groups excluding carboxylic acids is 2. The number of ether oxygens (including phenoxy) is 1. The minimum Gasteiger partial charge on any atom is -0.480 e. The first kappa shape index (κ1) is 24.9. The van der Waals surface area contributed by atoms with Crippen LogP contribution in [0, 0.1) is 5.92 Å². The maximum absolute atomic E-state index is 13.1. The molecule has 2 unspecified atom stereocenters. The van der Waals surface area contributed by atoms with E-state index in [0.717, 1.165) is 5.56 Å². The second-order valence-corrected chi connectivity index (χ2v) is 9.54. The zero-order chi connectivity index (χ0) is 23.3. The van der Waals surface area contributed by atoms with E-state index in [9.17, 15) is 19.5 Å². The molecule has 1 aromatic rings. The molecule has 8 nitrogen and oxygen atoms in total. The number of alkyl carbamates (subject to hydrolysis) is 1. The van der Waals surface area contributed by atoms with E-state index in [1.54, 1.807) is 32.9 Å². The van der Waals surface area contributed by atoms with Crippen molar-refractivity contribution in [3.05, 3.63) is 34.9 Å². The molecule has 1 aliphatic heterocycles. The lowest BCUT2D eigenvalue weighted by Crippen LogP contribution is -2.61. The largest absolute Gasteiger partial charge is 0.480 e. The maximum atomic E-state index is 13.1. The Hall–Kier alpha value is -2.32. The van der Waals surface area contributed by atoms with Crippen molar-refractivity contribution in [1.82, 2.24) is 15.1 Å². The molecular formula is C22H32ClN3O5. The zero-order valence-electron chi connectivity index (χ0n) is 18.7.